The van der Waals surface area contributed by atoms with E-state index in [1.165, 1.54) is 0 Å². The second-order valence-corrected chi connectivity index (χ2v) is 8.52. The van der Waals surface area contributed by atoms with Gasteiger partial charge in [0.25, 0.3) is 0 Å². The number of aliphatic hydroxyl groups excluding tert-OH is 2. The van der Waals surface area contributed by atoms with Crippen LogP contribution in [0.25, 0.3) is 0 Å². The van der Waals surface area contributed by atoms with Crippen LogP contribution < -0.4 is 9.47 Å². The summed E-state index contributed by atoms with van der Waals surface area (Å²) in [6.45, 7) is 9.44. The Balaban J connectivity index is 1.35. The molecule has 1 saturated heterocycles. The fraction of sp³-hybridized carbons (Fsp3) is 0.520. The summed E-state index contributed by atoms with van der Waals surface area (Å²) in [5.41, 5.74) is 2.29. The molecule has 2 unspecified atom stereocenters. The highest BCUT2D eigenvalue weighted by Crippen LogP contribution is 2.14. The molecular formula is C25H36N2O4. The van der Waals surface area contributed by atoms with E-state index in [2.05, 4.69) is 9.80 Å². The molecule has 1 heterocycles. The molecule has 0 amide bonds. The number of aryl methyl sites for hydroxylation is 2. The van der Waals surface area contributed by atoms with Crippen LogP contribution in [0.15, 0.2) is 48.5 Å². The minimum Gasteiger partial charge on any atom is -0.491 e. The van der Waals surface area contributed by atoms with Crippen molar-refractivity contribution in [1.29, 1.82) is 0 Å². The largest absolute Gasteiger partial charge is 0.491 e. The van der Waals surface area contributed by atoms with Crippen molar-refractivity contribution < 1.29 is 19.7 Å². The minimum absolute atomic E-state index is 0.290. The maximum Gasteiger partial charge on any atom is 0.119 e. The smallest absolute Gasteiger partial charge is 0.119 e. The third-order valence-corrected chi connectivity index (χ3v) is 5.48. The molecule has 0 bridgehead atoms. The van der Waals surface area contributed by atoms with Crippen LogP contribution in [0.3, 0.4) is 0 Å². The summed E-state index contributed by atoms with van der Waals surface area (Å²) in [4.78, 5) is 4.56. The Bertz CT molecular complexity index is 735. The summed E-state index contributed by atoms with van der Waals surface area (Å²) < 4.78 is 11.5. The first-order chi connectivity index (χ1) is 15.0. The third kappa shape index (κ3) is 8.50. The topological polar surface area (TPSA) is 65.4 Å². The maximum atomic E-state index is 10.4. The first-order valence-electron chi connectivity index (χ1n) is 11.2. The lowest BCUT2D eigenvalue weighted by atomic mass is 10.2. The molecule has 0 saturated carbocycles. The molecule has 0 aliphatic carbocycles. The molecule has 1 aliphatic rings. The zero-order valence-electron chi connectivity index (χ0n) is 18.7. The van der Waals surface area contributed by atoms with Gasteiger partial charge >= 0.3 is 0 Å². The molecule has 31 heavy (non-hydrogen) atoms. The number of benzene rings is 2. The highest BCUT2D eigenvalue weighted by molar-refractivity contribution is 5.28. The number of aliphatic hydroxyl groups is 2. The first kappa shape index (κ1) is 23.5. The molecule has 2 aromatic carbocycles. The van der Waals surface area contributed by atoms with E-state index in [1.807, 2.05) is 62.4 Å². The second-order valence-electron chi connectivity index (χ2n) is 8.52. The third-order valence-electron chi connectivity index (χ3n) is 5.48. The van der Waals surface area contributed by atoms with Crippen molar-refractivity contribution in [3.05, 3.63) is 59.7 Å². The maximum absolute atomic E-state index is 10.4. The molecule has 0 spiro atoms. The van der Waals surface area contributed by atoms with Crippen molar-refractivity contribution in [1.82, 2.24) is 9.80 Å². The van der Waals surface area contributed by atoms with Crippen LogP contribution in [0.1, 0.15) is 17.5 Å². The number of hydrogen-bond acceptors (Lipinski definition) is 6. The quantitative estimate of drug-likeness (QED) is 0.606. The summed E-state index contributed by atoms with van der Waals surface area (Å²) >= 11 is 0. The average molecular weight is 429 g/mol. The van der Waals surface area contributed by atoms with E-state index >= 15 is 0 Å². The van der Waals surface area contributed by atoms with Crippen LogP contribution in [0.4, 0.5) is 0 Å². The summed E-state index contributed by atoms with van der Waals surface area (Å²) in [6.07, 6.45) is -0.0440. The SMILES string of the molecule is Cc1cccc(OCC(O)CN2CCCN(CC(O)COc3cccc(C)c3)CC2)c1. The molecule has 0 radical (unpaired) electrons. The predicted octanol–water partition coefficient (Wildman–Crippen LogP) is 2.49. The van der Waals surface area contributed by atoms with Gasteiger partial charge < -0.3 is 19.7 Å². The van der Waals surface area contributed by atoms with E-state index < -0.39 is 12.2 Å². The fourth-order valence-corrected chi connectivity index (χ4v) is 3.89. The van der Waals surface area contributed by atoms with Crippen molar-refractivity contribution in [2.24, 2.45) is 0 Å². The minimum atomic E-state index is -0.527. The zero-order valence-corrected chi connectivity index (χ0v) is 18.7. The number of nitrogens with zero attached hydrogens (tertiary/aromatic N) is 2. The van der Waals surface area contributed by atoms with Gasteiger partial charge in [-0.2, -0.15) is 0 Å². The van der Waals surface area contributed by atoms with Gasteiger partial charge in [0.05, 0.1) is 0 Å². The van der Waals surface area contributed by atoms with Gasteiger partial charge in [-0.25, -0.2) is 0 Å². The highest BCUT2D eigenvalue weighted by atomic mass is 16.5. The Kier molecular flexibility index (Phi) is 9.15. The van der Waals surface area contributed by atoms with Gasteiger partial charge in [-0.3, -0.25) is 9.80 Å². The van der Waals surface area contributed by atoms with Gasteiger partial charge in [-0.15, -0.1) is 0 Å². The number of β-amino-alcohol motifs (C(OH)–C–C–N with tert-alkyl or cyclic N) is 2. The molecule has 6 nitrogen and oxygen atoms in total. The molecule has 1 aliphatic heterocycles. The lowest BCUT2D eigenvalue weighted by molar-refractivity contribution is 0.0617. The molecule has 3 rings (SSSR count). The molecule has 0 aromatic heterocycles. The van der Waals surface area contributed by atoms with Gasteiger partial charge in [0.2, 0.25) is 0 Å². The van der Waals surface area contributed by atoms with Crippen LogP contribution in [-0.4, -0.2) is 84.7 Å². The lowest BCUT2D eigenvalue weighted by Gasteiger charge is -2.25. The fourth-order valence-electron chi connectivity index (χ4n) is 3.89. The van der Waals surface area contributed by atoms with Crippen LogP contribution in [0.2, 0.25) is 0 Å². The average Bonchev–Trinajstić information content (AvgIpc) is 2.96. The molecular weight excluding hydrogens is 392 g/mol. The van der Waals surface area contributed by atoms with E-state index in [-0.39, 0.29) is 0 Å². The van der Waals surface area contributed by atoms with E-state index in [4.69, 9.17) is 9.47 Å². The molecule has 170 valence electrons. The number of ether oxygens (including phenoxy) is 2. The summed E-state index contributed by atoms with van der Waals surface area (Å²) in [7, 11) is 0. The highest BCUT2D eigenvalue weighted by Gasteiger charge is 2.20. The molecule has 2 atom stereocenters. The van der Waals surface area contributed by atoms with Crippen molar-refractivity contribution in [2.75, 3.05) is 52.5 Å². The van der Waals surface area contributed by atoms with Crippen molar-refractivity contribution in [3.63, 3.8) is 0 Å². The van der Waals surface area contributed by atoms with Crippen LogP contribution in [0.5, 0.6) is 11.5 Å². The summed E-state index contributed by atoms with van der Waals surface area (Å²) in [5, 5.41) is 20.8. The van der Waals surface area contributed by atoms with Gasteiger partial charge in [-0.1, -0.05) is 24.3 Å². The predicted molar refractivity (Wildman–Crippen MR) is 123 cm³/mol. The molecule has 2 N–H and O–H groups in total. The van der Waals surface area contributed by atoms with Gasteiger partial charge in [-0.05, 0) is 68.8 Å². The van der Waals surface area contributed by atoms with Crippen LogP contribution in [-0.2, 0) is 0 Å². The van der Waals surface area contributed by atoms with E-state index in [1.54, 1.807) is 0 Å². The molecule has 6 heteroatoms. The normalized spacial score (nSPS) is 17.7. The van der Waals surface area contributed by atoms with Crippen LogP contribution >= 0.6 is 0 Å². The van der Waals surface area contributed by atoms with Gasteiger partial charge in [0.15, 0.2) is 0 Å². The first-order valence-corrected chi connectivity index (χ1v) is 11.2. The van der Waals surface area contributed by atoms with E-state index in [9.17, 15) is 10.2 Å². The molecule has 1 fully saturated rings. The zero-order chi connectivity index (χ0) is 22.1. The van der Waals surface area contributed by atoms with E-state index in [0.717, 1.165) is 55.2 Å². The van der Waals surface area contributed by atoms with Crippen molar-refractivity contribution in [3.8, 4) is 11.5 Å². The Morgan fingerprint density at radius 1 is 0.742 bits per heavy atom. The Morgan fingerprint density at radius 2 is 1.19 bits per heavy atom. The number of hydrogen-bond donors (Lipinski definition) is 2. The standard InChI is InChI=1S/C25H36N2O4/c1-20-6-3-8-24(14-20)30-18-22(28)16-26-10-5-11-27(13-12-26)17-23(29)19-31-25-9-4-7-21(2)15-25/h3-4,6-9,14-15,22-23,28-29H,5,10-13,16-19H2,1-2H3. The Hall–Kier alpha value is -2.12. The molecule has 2 aromatic rings. The van der Waals surface area contributed by atoms with Gasteiger partial charge in [0.1, 0.15) is 36.9 Å². The summed E-state index contributed by atoms with van der Waals surface area (Å²) in [6, 6.07) is 15.8. The summed E-state index contributed by atoms with van der Waals surface area (Å²) in [5.74, 6) is 1.59. The Morgan fingerprint density at radius 3 is 1.61 bits per heavy atom. The van der Waals surface area contributed by atoms with Crippen molar-refractivity contribution >= 4 is 0 Å². The Labute approximate surface area is 186 Å². The van der Waals surface area contributed by atoms with Crippen LogP contribution in [0, 0.1) is 13.8 Å². The van der Waals surface area contributed by atoms with Crippen molar-refractivity contribution in [2.45, 2.75) is 32.5 Å². The monoisotopic (exact) mass is 428 g/mol. The number of rotatable bonds is 10. The van der Waals surface area contributed by atoms with Gasteiger partial charge in [0, 0.05) is 26.2 Å². The van der Waals surface area contributed by atoms with E-state index in [0.29, 0.717) is 26.3 Å². The lowest BCUT2D eigenvalue weighted by Crippen LogP contribution is -2.40. The second kappa shape index (κ2) is 12.1.